The van der Waals surface area contributed by atoms with Gasteiger partial charge in [-0.15, -0.1) is 0 Å². The Labute approximate surface area is 219 Å². The zero-order valence-corrected chi connectivity index (χ0v) is 21.2. The van der Waals surface area contributed by atoms with Crippen molar-refractivity contribution < 1.29 is 9.15 Å². The van der Waals surface area contributed by atoms with E-state index in [2.05, 4.69) is 68.4 Å². The summed E-state index contributed by atoms with van der Waals surface area (Å²) in [4.78, 5) is 15.3. The van der Waals surface area contributed by atoms with Gasteiger partial charge in [0.15, 0.2) is 5.82 Å². The Morgan fingerprint density at radius 1 is 0.947 bits per heavy atom. The smallest absolute Gasteiger partial charge is 0.159 e. The number of aromatic nitrogens is 5. The Morgan fingerprint density at radius 2 is 1.87 bits per heavy atom. The third-order valence-corrected chi connectivity index (χ3v) is 7.24. The number of aryl methyl sites for hydroxylation is 1. The Hall–Kier alpha value is -4.43. The third kappa shape index (κ3) is 4.22. The van der Waals surface area contributed by atoms with Crippen LogP contribution in [0, 0.1) is 6.92 Å². The minimum Gasteiger partial charge on any atom is -0.492 e. The van der Waals surface area contributed by atoms with Crippen LogP contribution in [0.5, 0.6) is 5.75 Å². The molecule has 1 saturated heterocycles. The standard InChI is InChI=1S/C30H28N6O2/c1-19-14-22(16-23(15-19)38-13-11-36-9-2-3-10-36)20-4-5-25-24(17-20)28(35-34-25)30-32-26-6-8-31-27(29(26)33-30)21-7-12-37-18-21/h4-8,12,14-18H,2-3,9-11,13H2,1H3,(H,32,33)(H,34,35). The molecule has 8 heteroatoms. The Kier molecular flexibility index (Phi) is 5.66. The molecule has 4 aromatic heterocycles. The summed E-state index contributed by atoms with van der Waals surface area (Å²) in [6.07, 6.45) is 7.68. The highest BCUT2D eigenvalue weighted by atomic mass is 16.5. The van der Waals surface area contributed by atoms with Gasteiger partial charge in [-0.05, 0) is 85.9 Å². The van der Waals surface area contributed by atoms with E-state index in [1.807, 2.05) is 12.1 Å². The first kappa shape index (κ1) is 22.7. The molecule has 1 aliphatic heterocycles. The fraction of sp³-hybridized carbons (Fsp3) is 0.233. The first-order valence-electron chi connectivity index (χ1n) is 13.0. The van der Waals surface area contributed by atoms with Gasteiger partial charge in [-0.2, -0.15) is 5.10 Å². The van der Waals surface area contributed by atoms with Crippen molar-refractivity contribution in [3.63, 3.8) is 0 Å². The zero-order valence-electron chi connectivity index (χ0n) is 21.2. The lowest BCUT2D eigenvalue weighted by atomic mass is 10.0. The molecular formula is C30H28N6O2. The van der Waals surface area contributed by atoms with Crippen LogP contribution in [0.3, 0.4) is 0 Å². The van der Waals surface area contributed by atoms with Crippen LogP contribution in [0.15, 0.2) is 71.7 Å². The van der Waals surface area contributed by atoms with Gasteiger partial charge < -0.3 is 14.1 Å². The predicted molar refractivity (Wildman–Crippen MR) is 148 cm³/mol. The molecular weight excluding hydrogens is 476 g/mol. The van der Waals surface area contributed by atoms with Gasteiger partial charge in [0.2, 0.25) is 0 Å². The number of fused-ring (bicyclic) bond motifs is 2. The fourth-order valence-corrected chi connectivity index (χ4v) is 5.33. The first-order chi connectivity index (χ1) is 18.7. The van der Waals surface area contributed by atoms with Gasteiger partial charge in [0, 0.05) is 23.7 Å². The van der Waals surface area contributed by atoms with E-state index in [4.69, 9.17) is 14.1 Å². The van der Waals surface area contributed by atoms with Crippen molar-refractivity contribution in [2.75, 3.05) is 26.2 Å². The molecule has 6 aromatic rings. The Bertz CT molecular complexity index is 1730. The van der Waals surface area contributed by atoms with Gasteiger partial charge in [-0.25, -0.2) is 4.98 Å². The number of benzene rings is 2. The quantitative estimate of drug-likeness (QED) is 0.268. The Morgan fingerprint density at radius 3 is 2.74 bits per heavy atom. The van der Waals surface area contributed by atoms with E-state index in [9.17, 15) is 0 Å². The molecule has 0 bridgehead atoms. The average Bonchev–Trinajstić information content (AvgIpc) is 3.74. The highest BCUT2D eigenvalue weighted by molar-refractivity contribution is 5.97. The molecule has 0 spiro atoms. The third-order valence-electron chi connectivity index (χ3n) is 7.24. The number of H-pyrrole nitrogens is 2. The van der Waals surface area contributed by atoms with Crippen LogP contribution in [0.2, 0.25) is 0 Å². The van der Waals surface area contributed by atoms with Crippen molar-refractivity contribution in [1.82, 2.24) is 30.0 Å². The van der Waals surface area contributed by atoms with E-state index in [1.165, 1.54) is 31.5 Å². The highest BCUT2D eigenvalue weighted by Crippen LogP contribution is 2.33. The number of hydrogen-bond donors (Lipinski definition) is 2. The number of rotatable bonds is 7. The van der Waals surface area contributed by atoms with Crippen LogP contribution in [-0.4, -0.2) is 56.3 Å². The molecule has 1 fully saturated rings. The molecule has 0 aliphatic carbocycles. The molecule has 0 saturated carbocycles. The maximum Gasteiger partial charge on any atom is 0.159 e. The first-order valence-corrected chi connectivity index (χ1v) is 13.0. The number of hydrogen-bond acceptors (Lipinski definition) is 6. The summed E-state index contributed by atoms with van der Waals surface area (Å²) in [5, 5.41) is 8.77. The van der Waals surface area contributed by atoms with E-state index < -0.39 is 0 Å². The highest BCUT2D eigenvalue weighted by Gasteiger charge is 2.17. The number of nitrogens with zero attached hydrogens (tertiary/aromatic N) is 4. The number of furan rings is 1. The summed E-state index contributed by atoms with van der Waals surface area (Å²) < 4.78 is 11.4. The molecule has 2 aromatic carbocycles. The van der Waals surface area contributed by atoms with Gasteiger partial charge in [-0.3, -0.25) is 15.0 Å². The van der Waals surface area contributed by atoms with Gasteiger partial charge >= 0.3 is 0 Å². The van der Waals surface area contributed by atoms with Crippen LogP contribution < -0.4 is 4.74 Å². The van der Waals surface area contributed by atoms with E-state index in [-0.39, 0.29) is 0 Å². The number of aromatic amines is 2. The number of nitrogens with one attached hydrogen (secondary N) is 2. The average molecular weight is 505 g/mol. The lowest BCUT2D eigenvalue weighted by Crippen LogP contribution is -2.25. The van der Waals surface area contributed by atoms with Crippen molar-refractivity contribution in [3.8, 4) is 39.7 Å². The molecule has 1 aliphatic rings. The summed E-state index contributed by atoms with van der Waals surface area (Å²) >= 11 is 0. The second-order valence-corrected chi connectivity index (χ2v) is 9.92. The predicted octanol–water partition coefficient (Wildman–Crippen LogP) is 6.21. The van der Waals surface area contributed by atoms with Crippen LogP contribution in [0.4, 0.5) is 0 Å². The topological polar surface area (TPSA) is 95.9 Å². The molecule has 7 rings (SSSR count). The molecule has 190 valence electrons. The van der Waals surface area contributed by atoms with Crippen LogP contribution in [0.1, 0.15) is 18.4 Å². The molecule has 5 heterocycles. The van der Waals surface area contributed by atoms with Gasteiger partial charge in [0.05, 0.1) is 23.6 Å². The van der Waals surface area contributed by atoms with E-state index in [0.717, 1.165) is 62.3 Å². The number of ether oxygens (including phenoxy) is 1. The molecule has 8 nitrogen and oxygen atoms in total. The van der Waals surface area contributed by atoms with Gasteiger partial charge in [0.1, 0.15) is 29.3 Å². The monoisotopic (exact) mass is 504 g/mol. The summed E-state index contributed by atoms with van der Waals surface area (Å²) in [6, 6.07) is 16.6. The van der Waals surface area contributed by atoms with E-state index in [1.54, 1.807) is 18.7 Å². The minimum absolute atomic E-state index is 0.691. The number of likely N-dealkylation sites (tertiary alicyclic amines) is 1. The molecule has 0 atom stereocenters. The number of imidazole rings is 1. The van der Waals surface area contributed by atoms with Gasteiger partial charge in [0.25, 0.3) is 0 Å². The SMILES string of the molecule is Cc1cc(OCCN2CCCC2)cc(-c2ccc3[nH]nc(-c4nc5c(-c6ccoc6)nccc5[nH]4)c3c2)c1. The minimum atomic E-state index is 0.691. The van der Waals surface area contributed by atoms with Crippen molar-refractivity contribution in [3.05, 3.63) is 72.8 Å². The largest absolute Gasteiger partial charge is 0.492 e. The van der Waals surface area contributed by atoms with Gasteiger partial charge in [-0.1, -0.05) is 12.1 Å². The second-order valence-electron chi connectivity index (χ2n) is 9.92. The molecule has 0 radical (unpaired) electrons. The van der Waals surface area contributed by atoms with Crippen LogP contribution >= 0.6 is 0 Å². The van der Waals surface area contributed by atoms with E-state index in [0.29, 0.717) is 12.4 Å². The summed E-state index contributed by atoms with van der Waals surface area (Å²) in [6.45, 7) is 6.15. The van der Waals surface area contributed by atoms with Crippen molar-refractivity contribution >= 4 is 21.9 Å². The van der Waals surface area contributed by atoms with E-state index >= 15 is 0 Å². The van der Waals surface area contributed by atoms with Crippen LogP contribution in [0.25, 0.3) is 55.8 Å². The second kappa shape index (κ2) is 9.46. The summed E-state index contributed by atoms with van der Waals surface area (Å²) in [5.41, 5.74) is 8.45. The fourth-order valence-electron chi connectivity index (χ4n) is 5.33. The summed E-state index contributed by atoms with van der Waals surface area (Å²) in [7, 11) is 0. The molecule has 2 N–H and O–H groups in total. The molecule has 0 amide bonds. The molecule has 38 heavy (non-hydrogen) atoms. The Balaban J connectivity index is 1.22. The van der Waals surface area contributed by atoms with Crippen molar-refractivity contribution in [2.24, 2.45) is 0 Å². The summed E-state index contributed by atoms with van der Waals surface area (Å²) in [5.74, 6) is 1.60. The normalized spacial score (nSPS) is 14.1. The zero-order chi connectivity index (χ0) is 25.5. The lowest BCUT2D eigenvalue weighted by molar-refractivity contribution is 0.238. The number of pyridine rings is 1. The van der Waals surface area contributed by atoms with Crippen molar-refractivity contribution in [2.45, 2.75) is 19.8 Å². The maximum absolute atomic E-state index is 6.16. The maximum atomic E-state index is 6.16. The van der Waals surface area contributed by atoms with Crippen molar-refractivity contribution in [1.29, 1.82) is 0 Å². The van der Waals surface area contributed by atoms with Crippen LogP contribution in [-0.2, 0) is 0 Å². The molecule has 0 unspecified atom stereocenters. The lowest BCUT2D eigenvalue weighted by Gasteiger charge is -2.15.